The molecule has 17 heavy (non-hydrogen) atoms. The molecule has 6 heteroatoms. The van der Waals surface area contributed by atoms with Crippen molar-refractivity contribution in [2.24, 2.45) is 5.92 Å². The van der Waals surface area contributed by atoms with E-state index in [1.54, 1.807) is 13.8 Å². The summed E-state index contributed by atoms with van der Waals surface area (Å²) in [5, 5.41) is 11.5. The number of carbonyl (C=O) groups is 2. The first kappa shape index (κ1) is 13.8. The number of hydrogen-bond donors (Lipinski definition) is 2. The number of carbonyl (C=O) groups excluding carboxylic acids is 1. The maximum Gasteiger partial charge on any atom is 0.408 e. The summed E-state index contributed by atoms with van der Waals surface area (Å²) in [5.41, 5.74) is -1.32. The maximum atomic E-state index is 11.6. The lowest BCUT2D eigenvalue weighted by atomic mass is 9.89. The molecule has 0 aromatic carbocycles. The van der Waals surface area contributed by atoms with Gasteiger partial charge in [-0.1, -0.05) is 13.8 Å². The van der Waals surface area contributed by atoms with E-state index >= 15 is 0 Å². The first-order chi connectivity index (χ1) is 7.86. The van der Waals surface area contributed by atoms with E-state index in [-0.39, 0.29) is 12.0 Å². The van der Waals surface area contributed by atoms with E-state index in [9.17, 15) is 9.59 Å². The lowest BCUT2D eigenvalue weighted by Gasteiger charge is -2.30. The van der Waals surface area contributed by atoms with Gasteiger partial charge >= 0.3 is 12.1 Å². The van der Waals surface area contributed by atoms with Gasteiger partial charge < -0.3 is 19.9 Å². The van der Waals surface area contributed by atoms with E-state index in [2.05, 4.69) is 5.32 Å². The predicted octanol–water partition coefficient (Wildman–Crippen LogP) is 1.00. The van der Waals surface area contributed by atoms with Crippen LogP contribution in [0.15, 0.2) is 0 Å². The minimum Gasteiger partial charge on any atom is -0.480 e. The fraction of sp³-hybridized carbons (Fsp3) is 0.818. The molecular weight excluding hydrogens is 226 g/mol. The van der Waals surface area contributed by atoms with Gasteiger partial charge in [0.1, 0.15) is 11.6 Å². The Morgan fingerprint density at radius 1 is 1.53 bits per heavy atom. The van der Waals surface area contributed by atoms with E-state index in [0.29, 0.717) is 19.6 Å². The van der Waals surface area contributed by atoms with Gasteiger partial charge in [-0.15, -0.1) is 0 Å². The second kappa shape index (κ2) is 5.35. The number of rotatable bonds is 4. The zero-order chi connectivity index (χ0) is 13.1. The first-order valence-corrected chi connectivity index (χ1v) is 5.66. The highest BCUT2D eigenvalue weighted by atomic mass is 16.6. The van der Waals surface area contributed by atoms with Gasteiger partial charge in [0.15, 0.2) is 0 Å². The highest BCUT2D eigenvalue weighted by Crippen LogP contribution is 2.17. The lowest BCUT2D eigenvalue weighted by molar-refractivity contribution is -0.145. The van der Waals surface area contributed by atoms with Crippen LogP contribution in [0.5, 0.6) is 0 Å². The Bertz CT molecular complexity index is 298. The molecule has 1 amide bonds. The molecule has 1 aliphatic heterocycles. The minimum absolute atomic E-state index is 0.243. The topological polar surface area (TPSA) is 84.9 Å². The van der Waals surface area contributed by atoms with Crippen molar-refractivity contribution in [3.63, 3.8) is 0 Å². The number of hydrogen-bond acceptors (Lipinski definition) is 4. The molecule has 6 nitrogen and oxygen atoms in total. The summed E-state index contributed by atoms with van der Waals surface area (Å²) >= 11 is 0. The molecule has 2 atom stereocenters. The molecule has 1 saturated heterocycles. The number of amides is 1. The van der Waals surface area contributed by atoms with E-state index in [1.807, 2.05) is 0 Å². The fourth-order valence-electron chi connectivity index (χ4n) is 1.44. The van der Waals surface area contributed by atoms with Crippen molar-refractivity contribution < 1.29 is 24.2 Å². The fourth-order valence-corrected chi connectivity index (χ4v) is 1.44. The van der Waals surface area contributed by atoms with Crippen molar-refractivity contribution in [2.45, 2.75) is 38.8 Å². The molecule has 0 unspecified atom stereocenters. The molecule has 0 radical (unpaired) electrons. The third kappa shape index (κ3) is 3.33. The molecule has 1 fully saturated rings. The summed E-state index contributed by atoms with van der Waals surface area (Å²) in [6.07, 6.45) is -0.335. The average molecular weight is 245 g/mol. The summed E-state index contributed by atoms with van der Waals surface area (Å²) < 4.78 is 10.1. The SMILES string of the molecule is CC(C)[C@](C)(NC(=O)O[C@H]1CCOC1)C(=O)O. The number of ether oxygens (including phenoxy) is 2. The van der Waals surface area contributed by atoms with Crippen molar-refractivity contribution in [2.75, 3.05) is 13.2 Å². The summed E-state index contributed by atoms with van der Waals surface area (Å²) in [5.74, 6) is -1.32. The minimum atomic E-state index is -1.32. The van der Waals surface area contributed by atoms with Gasteiger partial charge in [0, 0.05) is 6.42 Å². The Balaban J connectivity index is 2.55. The smallest absolute Gasteiger partial charge is 0.408 e. The highest BCUT2D eigenvalue weighted by molar-refractivity contribution is 5.84. The third-order valence-electron chi connectivity index (χ3n) is 3.12. The first-order valence-electron chi connectivity index (χ1n) is 5.66. The van der Waals surface area contributed by atoms with E-state index in [1.165, 1.54) is 6.92 Å². The zero-order valence-electron chi connectivity index (χ0n) is 10.4. The third-order valence-corrected chi connectivity index (χ3v) is 3.12. The average Bonchev–Trinajstić information content (AvgIpc) is 2.69. The Morgan fingerprint density at radius 2 is 2.18 bits per heavy atom. The monoisotopic (exact) mass is 245 g/mol. The largest absolute Gasteiger partial charge is 0.480 e. The normalized spacial score (nSPS) is 23.2. The quantitative estimate of drug-likeness (QED) is 0.771. The van der Waals surface area contributed by atoms with E-state index in [4.69, 9.17) is 14.6 Å². The molecule has 0 aromatic heterocycles. The van der Waals surface area contributed by atoms with Crippen LogP contribution in [0.25, 0.3) is 0 Å². The van der Waals surface area contributed by atoms with Crippen molar-refractivity contribution >= 4 is 12.1 Å². The number of alkyl carbamates (subject to hydrolysis) is 1. The van der Waals surface area contributed by atoms with Gasteiger partial charge in [-0.2, -0.15) is 0 Å². The maximum absolute atomic E-state index is 11.6. The molecule has 0 aliphatic carbocycles. The van der Waals surface area contributed by atoms with Gasteiger partial charge in [0.05, 0.1) is 13.2 Å². The van der Waals surface area contributed by atoms with Crippen molar-refractivity contribution in [1.82, 2.24) is 5.32 Å². The Hall–Kier alpha value is -1.30. The number of nitrogens with one attached hydrogen (secondary N) is 1. The molecule has 1 heterocycles. The van der Waals surface area contributed by atoms with Gasteiger partial charge in [-0.3, -0.25) is 0 Å². The summed E-state index contributed by atoms with van der Waals surface area (Å²) in [6, 6.07) is 0. The summed E-state index contributed by atoms with van der Waals surface area (Å²) in [4.78, 5) is 22.7. The van der Waals surface area contributed by atoms with Gasteiger partial charge in [0.2, 0.25) is 0 Å². The van der Waals surface area contributed by atoms with E-state index < -0.39 is 17.6 Å². The van der Waals surface area contributed by atoms with Crippen LogP contribution in [0.2, 0.25) is 0 Å². The molecule has 0 spiro atoms. The molecule has 0 aromatic rings. The highest BCUT2D eigenvalue weighted by Gasteiger charge is 2.39. The Labute approximate surface area is 100 Å². The summed E-state index contributed by atoms with van der Waals surface area (Å²) in [6.45, 7) is 5.86. The van der Waals surface area contributed by atoms with Crippen LogP contribution in [0.3, 0.4) is 0 Å². The van der Waals surface area contributed by atoms with Crippen molar-refractivity contribution in [1.29, 1.82) is 0 Å². The van der Waals surface area contributed by atoms with Crippen LogP contribution < -0.4 is 5.32 Å². The lowest BCUT2D eigenvalue weighted by Crippen LogP contribution is -2.56. The van der Waals surface area contributed by atoms with Crippen LogP contribution in [-0.2, 0) is 14.3 Å². The summed E-state index contributed by atoms with van der Waals surface area (Å²) in [7, 11) is 0. The number of aliphatic carboxylic acids is 1. The number of carboxylic acid groups (broad SMARTS) is 1. The van der Waals surface area contributed by atoms with Crippen LogP contribution >= 0.6 is 0 Å². The predicted molar refractivity (Wildman–Crippen MR) is 59.7 cm³/mol. The molecular formula is C11H19NO5. The van der Waals surface area contributed by atoms with E-state index in [0.717, 1.165) is 0 Å². The molecule has 0 saturated carbocycles. The van der Waals surface area contributed by atoms with Gasteiger partial charge in [0.25, 0.3) is 0 Å². The van der Waals surface area contributed by atoms with Crippen LogP contribution in [0.1, 0.15) is 27.2 Å². The number of carboxylic acids is 1. The molecule has 1 aliphatic rings. The van der Waals surface area contributed by atoms with Crippen LogP contribution in [0, 0.1) is 5.92 Å². The second-order valence-corrected chi connectivity index (χ2v) is 4.68. The van der Waals surface area contributed by atoms with Crippen molar-refractivity contribution in [3.05, 3.63) is 0 Å². The Kier molecular flexibility index (Phi) is 4.34. The second-order valence-electron chi connectivity index (χ2n) is 4.68. The molecule has 2 N–H and O–H groups in total. The standard InChI is InChI=1S/C11H19NO5/c1-7(2)11(3,9(13)14)12-10(15)17-8-4-5-16-6-8/h7-8H,4-6H2,1-3H3,(H,12,15)(H,13,14)/t8-,11-/m0/s1. The molecule has 98 valence electrons. The molecule has 0 bridgehead atoms. The van der Waals surface area contributed by atoms with Crippen LogP contribution in [-0.4, -0.2) is 42.0 Å². The van der Waals surface area contributed by atoms with Crippen LogP contribution in [0.4, 0.5) is 4.79 Å². The van der Waals surface area contributed by atoms with Crippen molar-refractivity contribution in [3.8, 4) is 0 Å². The molecule has 1 rings (SSSR count). The Morgan fingerprint density at radius 3 is 2.59 bits per heavy atom. The van der Waals surface area contributed by atoms with Gasteiger partial charge in [-0.05, 0) is 12.8 Å². The zero-order valence-corrected chi connectivity index (χ0v) is 10.4. The van der Waals surface area contributed by atoms with Gasteiger partial charge in [-0.25, -0.2) is 9.59 Å².